The predicted molar refractivity (Wildman–Crippen MR) is 126 cm³/mol. The van der Waals surface area contributed by atoms with Crippen LogP contribution in [0.3, 0.4) is 0 Å². The average Bonchev–Trinajstić information content (AvgIpc) is 3.34. The second-order valence-electron chi connectivity index (χ2n) is 7.91. The Morgan fingerprint density at radius 1 is 1.21 bits per heavy atom. The van der Waals surface area contributed by atoms with Crippen molar-refractivity contribution in [2.75, 3.05) is 7.05 Å². The van der Waals surface area contributed by atoms with Crippen LogP contribution in [0.15, 0.2) is 59.5 Å². The molecule has 7 nitrogen and oxygen atoms in total. The molecule has 1 amide bonds. The number of amides is 1. The molecule has 0 fully saturated rings. The first-order valence-electron chi connectivity index (χ1n) is 10.2. The van der Waals surface area contributed by atoms with Gasteiger partial charge in [-0.15, -0.1) is 11.3 Å². The highest BCUT2D eigenvalue weighted by atomic mass is 32.2. The lowest BCUT2D eigenvalue weighted by atomic mass is 10.1. The molecule has 10 heteroatoms. The Kier molecular flexibility index (Phi) is 6.08. The molecule has 0 bridgehead atoms. The minimum absolute atomic E-state index is 0.00562. The van der Waals surface area contributed by atoms with Crippen LogP contribution in [0.25, 0.3) is 10.2 Å². The molecule has 2 N–H and O–H groups in total. The van der Waals surface area contributed by atoms with Gasteiger partial charge < -0.3 is 4.90 Å². The fourth-order valence-electron chi connectivity index (χ4n) is 3.61. The molecule has 1 atom stereocenters. The van der Waals surface area contributed by atoms with E-state index in [2.05, 4.69) is 5.10 Å². The molecular weight excluding hydrogens is 463 g/mol. The van der Waals surface area contributed by atoms with E-state index in [1.54, 1.807) is 36.2 Å². The van der Waals surface area contributed by atoms with Crippen LogP contribution in [0.5, 0.6) is 0 Å². The van der Waals surface area contributed by atoms with Crippen LogP contribution >= 0.6 is 11.3 Å². The maximum Gasteiger partial charge on any atom is 0.264 e. The third-order valence-electron chi connectivity index (χ3n) is 5.63. The number of aryl methyl sites for hydroxylation is 1. The summed E-state index contributed by atoms with van der Waals surface area (Å²) in [4.78, 5) is 16.2. The zero-order valence-electron chi connectivity index (χ0n) is 18.3. The van der Waals surface area contributed by atoms with Crippen LogP contribution < -0.4 is 5.14 Å². The predicted octanol–water partition coefficient (Wildman–Crippen LogP) is 4.07. The molecule has 33 heavy (non-hydrogen) atoms. The van der Waals surface area contributed by atoms with Crippen LogP contribution in [0.1, 0.15) is 39.5 Å². The van der Waals surface area contributed by atoms with Crippen molar-refractivity contribution in [3.8, 4) is 0 Å². The number of sulfonamides is 1. The maximum atomic E-state index is 13.2. The molecule has 4 rings (SSSR count). The number of halogens is 1. The highest BCUT2D eigenvalue weighted by Gasteiger charge is 2.23. The number of thiophene rings is 1. The second kappa shape index (κ2) is 8.69. The van der Waals surface area contributed by atoms with Gasteiger partial charge in [0, 0.05) is 12.4 Å². The van der Waals surface area contributed by atoms with E-state index in [1.807, 2.05) is 24.6 Å². The van der Waals surface area contributed by atoms with E-state index in [4.69, 9.17) is 5.14 Å². The van der Waals surface area contributed by atoms with Gasteiger partial charge in [-0.3, -0.25) is 9.48 Å². The number of aromatic nitrogens is 2. The Bertz CT molecular complexity index is 1440. The Morgan fingerprint density at radius 2 is 1.91 bits per heavy atom. The number of rotatable bonds is 6. The summed E-state index contributed by atoms with van der Waals surface area (Å²) >= 11 is 1.34. The van der Waals surface area contributed by atoms with Gasteiger partial charge in [0.2, 0.25) is 10.0 Å². The summed E-state index contributed by atoms with van der Waals surface area (Å²) in [7, 11) is -2.16. The van der Waals surface area contributed by atoms with Crippen LogP contribution in [0, 0.1) is 12.7 Å². The third kappa shape index (κ3) is 4.68. The number of carbonyl (C=O) groups is 1. The van der Waals surface area contributed by atoms with Crippen molar-refractivity contribution in [3.63, 3.8) is 0 Å². The van der Waals surface area contributed by atoms with Crippen molar-refractivity contribution in [2.24, 2.45) is 5.14 Å². The standard InChI is InChI=1S/C23H23FN4O3S2/c1-14-20-12-21(32-23(20)28(26-14)13-16-7-9-18(24)10-8-16)22(29)27(3)15(2)17-5-4-6-19(11-17)33(25,30)31/h4-12,15H,13H2,1-3H3,(H2,25,30,31). The van der Waals surface area contributed by atoms with E-state index in [1.165, 1.54) is 35.6 Å². The third-order valence-corrected chi connectivity index (χ3v) is 7.68. The molecule has 0 saturated carbocycles. The lowest BCUT2D eigenvalue weighted by Crippen LogP contribution is -2.29. The van der Waals surface area contributed by atoms with Crippen molar-refractivity contribution < 1.29 is 17.6 Å². The molecule has 1 unspecified atom stereocenters. The molecule has 172 valence electrons. The fraction of sp³-hybridized carbons (Fsp3) is 0.217. The number of carbonyl (C=O) groups excluding carboxylic acids is 1. The number of hydrogen-bond acceptors (Lipinski definition) is 5. The van der Waals surface area contributed by atoms with Crippen LogP contribution in [-0.2, 0) is 16.6 Å². The summed E-state index contributed by atoms with van der Waals surface area (Å²) in [5.41, 5.74) is 2.37. The summed E-state index contributed by atoms with van der Waals surface area (Å²) in [6.45, 7) is 4.18. The molecule has 0 spiro atoms. The van der Waals surface area contributed by atoms with Crippen molar-refractivity contribution in [1.82, 2.24) is 14.7 Å². The molecule has 0 aliphatic heterocycles. The Hall–Kier alpha value is -3.08. The van der Waals surface area contributed by atoms with Crippen molar-refractivity contribution in [1.29, 1.82) is 0 Å². The molecule has 0 aliphatic rings. The van der Waals surface area contributed by atoms with Gasteiger partial charge in [0.05, 0.1) is 28.1 Å². The number of nitrogens with zero attached hydrogens (tertiary/aromatic N) is 3. The summed E-state index contributed by atoms with van der Waals surface area (Å²) in [6.07, 6.45) is 0. The summed E-state index contributed by atoms with van der Waals surface area (Å²) < 4.78 is 38.4. The minimum Gasteiger partial charge on any atom is -0.334 e. The highest BCUT2D eigenvalue weighted by molar-refractivity contribution is 7.89. The van der Waals surface area contributed by atoms with Gasteiger partial charge in [-0.05, 0) is 55.3 Å². The Balaban J connectivity index is 1.61. The quantitative estimate of drug-likeness (QED) is 0.444. The first-order chi connectivity index (χ1) is 15.5. The number of benzene rings is 2. The SMILES string of the molecule is Cc1nn(Cc2ccc(F)cc2)c2sc(C(=O)N(C)C(C)c3cccc(S(N)(=O)=O)c3)cc12. The number of hydrogen-bond donors (Lipinski definition) is 1. The normalized spacial score (nSPS) is 12.8. The molecule has 2 heterocycles. The van der Waals surface area contributed by atoms with Crippen LogP contribution in [-0.4, -0.2) is 36.1 Å². The van der Waals surface area contributed by atoms with E-state index in [0.29, 0.717) is 17.0 Å². The second-order valence-corrected chi connectivity index (χ2v) is 10.5. The van der Waals surface area contributed by atoms with Gasteiger partial charge in [0.1, 0.15) is 10.6 Å². The Labute approximate surface area is 195 Å². The van der Waals surface area contributed by atoms with E-state index < -0.39 is 10.0 Å². The monoisotopic (exact) mass is 486 g/mol. The van der Waals surface area contributed by atoms with E-state index in [-0.39, 0.29) is 22.7 Å². The van der Waals surface area contributed by atoms with Crippen molar-refractivity contribution in [3.05, 3.63) is 82.1 Å². The number of fused-ring (bicyclic) bond motifs is 1. The first-order valence-corrected chi connectivity index (χ1v) is 12.5. The average molecular weight is 487 g/mol. The maximum absolute atomic E-state index is 13.2. The van der Waals surface area contributed by atoms with Gasteiger partial charge in [-0.2, -0.15) is 5.10 Å². The number of nitrogens with two attached hydrogens (primary N) is 1. The fourth-order valence-corrected chi connectivity index (χ4v) is 5.33. The lowest BCUT2D eigenvalue weighted by Gasteiger charge is -2.25. The van der Waals surface area contributed by atoms with Crippen molar-refractivity contribution >= 4 is 37.5 Å². The minimum atomic E-state index is -3.84. The molecule has 2 aromatic carbocycles. The smallest absolute Gasteiger partial charge is 0.264 e. The van der Waals surface area contributed by atoms with Gasteiger partial charge in [0.25, 0.3) is 5.91 Å². The van der Waals surface area contributed by atoms with Gasteiger partial charge >= 0.3 is 0 Å². The summed E-state index contributed by atoms with van der Waals surface area (Å²) in [6, 6.07) is 14.0. The van der Waals surface area contributed by atoms with Gasteiger partial charge in [0.15, 0.2) is 0 Å². The zero-order chi connectivity index (χ0) is 23.9. The van der Waals surface area contributed by atoms with E-state index >= 15 is 0 Å². The lowest BCUT2D eigenvalue weighted by molar-refractivity contribution is 0.0747. The molecule has 4 aromatic rings. The largest absolute Gasteiger partial charge is 0.334 e. The van der Waals surface area contributed by atoms with Crippen molar-refractivity contribution in [2.45, 2.75) is 31.3 Å². The molecular formula is C23H23FN4O3S2. The summed E-state index contributed by atoms with van der Waals surface area (Å²) in [5.74, 6) is -0.478. The molecule has 2 aromatic heterocycles. The highest BCUT2D eigenvalue weighted by Crippen LogP contribution is 2.31. The molecule has 0 saturated heterocycles. The number of primary sulfonamides is 1. The molecule has 0 radical (unpaired) electrons. The zero-order valence-corrected chi connectivity index (χ0v) is 20.0. The molecule has 0 aliphatic carbocycles. The van der Waals surface area contributed by atoms with Gasteiger partial charge in [-0.1, -0.05) is 24.3 Å². The first kappa shape index (κ1) is 23.1. The summed E-state index contributed by atoms with van der Waals surface area (Å²) in [5, 5.41) is 10.7. The van der Waals surface area contributed by atoms with E-state index in [9.17, 15) is 17.6 Å². The topological polar surface area (TPSA) is 98.3 Å². The Morgan fingerprint density at radius 3 is 2.58 bits per heavy atom. The van der Waals surface area contributed by atoms with Crippen LogP contribution in [0.2, 0.25) is 0 Å². The van der Waals surface area contributed by atoms with E-state index in [0.717, 1.165) is 21.5 Å². The van der Waals surface area contributed by atoms with Gasteiger partial charge in [-0.25, -0.2) is 17.9 Å². The van der Waals surface area contributed by atoms with Crippen LogP contribution in [0.4, 0.5) is 4.39 Å².